The molecule has 4 nitrogen and oxygen atoms in total. The smallest absolute Gasteiger partial charge is 0.132 e. The van der Waals surface area contributed by atoms with Gasteiger partial charge in [-0.3, -0.25) is 9.97 Å². The summed E-state index contributed by atoms with van der Waals surface area (Å²) >= 11 is 0. The number of pyridine rings is 1. The number of rotatable bonds is 3. The average Bonchev–Trinajstić information content (AvgIpc) is 2.68. The van der Waals surface area contributed by atoms with E-state index in [0.717, 1.165) is 35.5 Å². The lowest BCUT2D eigenvalue weighted by Gasteiger charge is -2.40. The predicted octanol–water partition coefficient (Wildman–Crippen LogP) is 4.43. The Balaban J connectivity index is 1.42. The minimum absolute atomic E-state index is 0.210. The zero-order valence-electron chi connectivity index (χ0n) is 14.6. The van der Waals surface area contributed by atoms with Gasteiger partial charge in [0, 0.05) is 42.4 Å². The summed E-state index contributed by atoms with van der Waals surface area (Å²) in [6.07, 6.45) is 3.29. The Morgan fingerprint density at radius 3 is 2.52 bits per heavy atom. The Morgan fingerprint density at radius 1 is 0.852 bits per heavy atom. The first kappa shape index (κ1) is 15.9. The zero-order chi connectivity index (χ0) is 18.2. The first-order valence-corrected chi connectivity index (χ1v) is 8.96. The van der Waals surface area contributed by atoms with Crippen molar-refractivity contribution in [1.29, 1.82) is 0 Å². The van der Waals surface area contributed by atoms with Gasteiger partial charge in [-0.1, -0.05) is 30.3 Å². The highest BCUT2D eigenvalue weighted by Gasteiger charge is 2.32. The number of para-hydroxylation sites is 1. The number of benzene rings is 2. The highest BCUT2D eigenvalue weighted by atomic mass is 19.1. The fraction of sp³-hybridized carbons (Fsp3) is 0.136. The zero-order valence-corrected chi connectivity index (χ0v) is 14.6. The molecule has 1 aliphatic heterocycles. The number of nitrogens with zero attached hydrogens (tertiary/aromatic N) is 4. The molecule has 0 saturated carbocycles. The van der Waals surface area contributed by atoms with Crippen LogP contribution < -0.4 is 4.90 Å². The van der Waals surface area contributed by atoms with Crippen LogP contribution in [0.3, 0.4) is 0 Å². The van der Waals surface area contributed by atoms with Gasteiger partial charge in [-0.25, -0.2) is 9.37 Å². The number of anilines is 1. The number of fused-ring (bicyclic) bond motifs is 1. The molecule has 0 atom stereocenters. The highest BCUT2D eigenvalue weighted by Crippen LogP contribution is 2.35. The molecular formula is C22H17FN4. The molecule has 1 saturated heterocycles. The second-order valence-corrected chi connectivity index (χ2v) is 6.73. The van der Waals surface area contributed by atoms with Crippen LogP contribution in [-0.2, 0) is 0 Å². The van der Waals surface area contributed by atoms with E-state index in [1.165, 1.54) is 6.07 Å². The fourth-order valence-electron chi connectivity index (χ4n) is 3.58. The van der Waals surface area contributed by atoms with Crippen molar-refractivity contribution in [2.45, 2.75) is 5.92 Å². The van der Waals surface area contributed by atoms with Gasteiger partial charge >= 0.3 is 0 Å². The third-order valence-corrected chi connectivity index (χ3v) is 5.03. The summed E-state index contributed by atoms with van der Waals surface area (Å²) in [5.41, 5.74) is 2.97. The van der Waals surface area contributed by atoms with Gasteiger partial charge in [-0.15, -0.1) is 0 Å². The number of hydrogen-bond donors (Lipinski definition) is 0. The topological polar surface area (TPSA) is 41.9 Å². The molecular weight excluding hydrogens is 339 g/mol. The van der Waals surface area contributed by atoms with E-state index in [9.17, 15) is 4.39 Å². The van der Waals surface area contributed by atoms with Crippen LogP contribution in [-0.4, -0.2) is 28.0 Å². The highest BCUT2D eigenvalue weighted by molar-refractivity contribution is 5.80. The van der Waals surface area contributed by atoms with Gasteiger partial charge in [-0.05, 0) is 30.3 Å². The van der Waals surface area contributed by atoms with Crippen LogP contribution >= 0.6 is 0 Å². The molecule has 0 unspecified atom stereocenters. The van der Waals surface area contributed by atoms with E-state index >= 15 is 0 Å². The van der Waals surface area contributed by atoms with Crippen molar-refractivity contribution in [2.75, 3.05) is 18.0 Å². The molecule has 2 aromatic carbocycles. The Bertz CT molecular complexity index is 1120. The van der Waals surface area contributed by atoms with E-state index in [4.69, 9.17) is 4.98 Å². The molecule has 1 fully saturated rings. The Kier molecular flexibility index (Phi) is 3.78. The van der Waals surface area contributed by atoms with Crippen molar-refractivity contribution in [3.63, 3.8) is 0 Å². The van der Waals surface area contributed by atoms with Crippen LogP contribution in [0.1, 0.15) is 11.6 Å². The molecule has 5 heteroatoms. The van der Waals surface area contributed by atoms with E-state index in [1.807, 2.05) is 30.3 Å². The van der Waals surface area contributed by atoms with Gasteiger partial charge < -0.3 is 4.90 Å². The second kappa shape index (κ2) is 6.43. The molecule has 0 aliphatic carbocycles. The maximum Gasteiger partial charge on any atom is 0.132 e. The van der Waals surface area contributed by atoms with Crippen LogP contribution in [0.5, 0.6) is 0 Å². The van der Waals surface area contributed by atoms with Gasteiger partial charge in [0.1, 0.15) is 11.6 Å². The van der Waals surface area contributed by atoms with Crippen molar-refractivity contribution < 1.29 is 4.39 Å². The van der Waals surface area contributed by atoms with Crippen LogP contribution in [0.4, 0.5) is 10.2 Å². The summed E-state index contributed by atoms with van der Waals surface area (Å²) in [7, 11) is 0. The van der Waals surface area contributed by atoms with E-state index < -0.39 is 0 Å². The van der Waals surface area contributed by atoms with Crippen molar-refractivity contribution >= 4 is 16.7 Å². The van der Waals surface area contributed by atoms with E-state index in [-0.39, 0.29) is 11.7 Å². The molecule has 132 valence electrons. The van der Waals surface area contributed by atoms with Crippen molar-refractivity contribution in [3.05, 3.63) is 84.6 Å². The molecule has 0 N–H and O–H groups in total. The molecule has 0 amide bonds. The quantitative estimate of drug-likeness (QED) is 0.544. The fourth-order valence-corrected chi connectivity index (χ4v) is 3.58. The van der Waals surface area contributed by atoms with Gasteiger partial charge in [0.2, 0.25) is 0 Å². The van der Waals surface area contributed by atoms with Gasteiger partial charge in [0.25, 0.3) is 0 Å². The molecule has 3 heterocycles. The lowest BCUT2D eigenvalue weighted by Crippen LogP contribution is -2.46. The maximum atomic E-state index is 14.2. The maximum absolute atomic E-state index is 14.2. The summed E-state index contributed by atoms with van der Waals surface area (Å²) < 4.78 is 14.2. The number of halogens is 1. The third-order valence-electron chi connectivity index (χ3n) is 5.03. The molecule has 1 aliphatic rings. The van der Waals surface area contributed by atoms with Crippen molar-refractivity contribution in [1.82, 2.24) is 15.0 Å². The standard InChI is InChI=1S/C22H17FN4/c23-18-7-3-2-6-17(18)22-21(24-11-12-25-22)16-13-27(14-16)20-10-9-15-5-1-4-8-19(15)26-20/h1-12,16H,13-14H2. The summed E-state index contributed by atoms with van der Waals surface area (Å²) in [4.78, 5) is 15.9. The van der Waals surface area contributed by atoms with Gasteiger partial charge in [0.05, 0.1) is 16.9 Å². The molecule has 2 aromatic heterocycles. The molecule has 4 aromatic rings. The minimum atomic E-state index is -0.272. The summed E-state index contributed by atoms with van der Waals surface area (Å²) in [6.45, 7) is 1.59. The van der Waals surface area contributed by atoms with Crippen LogP contribution in [0.2, 0.25) is 0 Å². The monoisotopic (exact) mass is 356 g/mol. The SMILES string of the molecule is Fc1ccccc1-c1nccnc1C1CN(c2ccc3ccccc3n2)C1. The molecule has 0 spiro atoms. The van der Waals surface area contributed by atoms with Crippen LogP contribution in [0.25, 0.3) is 22.2 Å². The van der Waals surface area contributed by atoms with E-state index in [1.54, 1.807) is 24.5 Å². The number of hydrogen-bond acceptors (Lipinski definition) is 4. The minimum Gasteiger partial charge on any atom is -0.355 e. The third kappa shape index (κ3) is 2.81. The number of aromatic nitrogens is 3. The van der Waals surface area contributed by atoms with E-state index in [2.05, 4.69) is 27.0 Å². The predicted molar refractivity (Wildman–Crippen MR) is 104 cm³/mol. The second-order valence-electron chi connectivity index (χ2n) is 6.73. The molecule has 27 heavy (non-hydrogen) atoms. The van der Waals surface area contributed by atoms with Crippen LogP contribution in [0.15, 0.2) is 73.1 Å². The Hall–Kier alpha value is -3.34. The van der Waals surface area contributed by atoms with Crippen LogP contribution in [0, 0.1) is 5.82 Å². The summed E-state index contributed by atoms with van der Waals surface area (Å²) in [6, 6.07) is 19.0. The summed E-state index contributed by atoms with van der Waals surface area (Å²) in [5, 5.41) is 1.13. The first-order chi connectivity index (χ1) is 13.3. The lowest BCUT2D eigenvalue weighted by molar-refractivity contribution is 0.509. The lowest BCUT2D eigenvalue weighted by atomic mass is 9.92. The normalized spacial score (nSPS) is 14.3. The Labute approximate surface area is 156 Å². The molecule has 0 radical (unpaired) electrons. The Morgan fingerprint density at radius 2 is 1.63 bits per heavy atom. The van der Waals surface area contributed by atoms with Gasteiger partial charge in [0.15, 0.2) is 0 Å². The van der Waals surface area contributed by atoms with E-state index in [0.29, 0.717) is 11.3 Å². The van der Waals surface area contributed by atoms with Gasteiger partial charge in [-0.2, -0.15) is 0 Å². The van der Waals surface area contributed by atoms with Crippen molar-refractivity contribution in [2.24, 2.45) is 0 Å². The summed E-state index contributed by atoms with van der Waals surface area (Å²) in [5.74, 6) is 0.898. The van der Waals surface area contributed by atoms with Crippen molar-refractivity contribution in [3.8, 4) is 11.3 Å². The molecule has 0 bridgehead atoms. The largest absolute Gasteiger partial charge is 0.355 e. The molecule has 5 rings (SSSR count). The average molecular weight is 356 g/mol. The first-order valence-electron chi connectivity index (χ1n) is 8.96.